The van der Waals surface area contributed by atoms with Gasteiger partial charge in [0.1, 0.15) is 6.54 Å². The van der Waals surface area contributed by atoms with Crippen LogP contribution in [0.2, 0.25) is 0 Å². The highest BCUT2D eigenvalue weighted by Crippen LogP contribution is 2.27. The Hall–Kier alpha value is -1.89. The number of nitrogens with zero attached hydrogens (tertiary/aromatic N) is 1. The molecular weight excluding hydrogens is 230 g/mol. The van der Waals surface area contributed by atoms with E-state index in [1.165, 1.54) is 16.8 Å². The first-order chi connectivity index (χ1) is 9.27. The average molecular weight is 252 g/mol. The first-order valence-corrected chi connectivity index (χ1v) is 6.98. The smallest absolute Gasteiger partial charge is 0.198 e. The van der Waals surface area contributed by atoms with Crippen LogP contribution in [0, 0.1) is 0 Å². The van der Waals surface area contributed by atoms with Crippen molar-refractivity contribution < 1.29 is 4.57 Å². The van der Waals surface area contributed by atoms with Crippen LogP contribution in [-0.2, 0) is 6.54 Å². The molecule has 2 aromatic rings. The van der Waals surface area contributed by atoms with E-state index in [0.717, 1.165) is 13.0 Å². The monoisotopic (exact) mass is 252 g/mol. The molecule has 0 fully saturated rings. The zero-order valence-corrected chi connectivity index (χ0v) is 11.8. The molecule has 1 aromatic heterocycles. The molecule has 2 rings (SSSR count). The molecule has 0 aliphatic rings. The van der Waals surface area contributed by atoms with Gasteiger partial charge in [-0.05, 0) is 23.6 Å². The van der Waals surface area contributed by atoms with Crippen molar-refractivity contribution in [3.05, 3.63) is 66.9 Å². The predicted octanol–water partition coefficient (Wildman–Crippen LogP) is 4.34. The largest absolute Gasteiger partial charge is 0.212 e. The minimum Gasteiger partial charge on any atom is -0.198 e. The molecule has 0 aliphatic carbocycles. The molecule has 0 spiro atoms. The quantitative estimate of drug-likeness (QED) is 0.550. The molecule has 0 amide bonds. The highest BCUT2D eigenvalue weighted by atomic mass is 14.9. The topological polar surface area (TPSA) is 3.88 Å². The Bertz CT molecular complexity index is 557. The molecule has 0 aliphatic heterocycles. The summed E-state index contributed by atoms with van der Waals surface area (Å²) in [4.78, 5) is 0. The van der Waals surface area contributed by atoms with Crippen molar-refractivity contribution in [3.8, 4) is 11.3 Å². The number of aromatic nitrogens is 1. The van der Waals surface area contributed by atoms with Crippen LogP contribution < -0.4 is 4.57 Å². The van der Waals surface area contributed by atoms with Crippen molar-refractivity contribution >= 4 is 0 Å². The lowest BCUT2D eigenvalue weighted by Crippen LogP contribution is -2.35. The van der Waals surface area contributed by atoms with Crippen LogP contribution in [0.1, 0.15) is 31.7 Å². The fraction of sp³-hybridized carbons (Fsp3) is 0.278. The second kappa shape index (κ2) is 6.33. The second-order valence-corrected chi connectivity index (χ2v) is 4.89. The second-order valence-electron chi connectivity index (χ2n) is 4.89. The summed E-state index contributed by atoms with van der Waals surface area (Å²) in [6.45, 7) is 9.38. The summed E-state index contributed by atoms with van der Waals surface area (Å²) in [6.07, 6.45) is 5.31. The third kappa shape index (κ3) is 2.93. The number of rotatable bonds is 5. The first kappa shape index (κ1) is 13.5. The molecule has 19 heavy (non-hydrogen) atoms. The third-order valence-electron chi connectivity index (χ3n) is 3.49. The van der Waals surface area contributed by atoms with Crippen LogP contribution in [0.4, 0.5) is 0 Å². The first-order valence-electron chi connectivity index (χ1n) is 6.98. The van der Waals surface area contributed by atoms with Crippen LogP contribution in [0.5, 0.6) is 0 Å². The number of pyridine rings is 1. The highest BCUT2D eigenvalue weighted by Gasteiger charge is 2.16. The minimum atomic E-state index is 0.367. The molecule has 1 aromatic carbocycles. The number of aryl methyl sites for hydroxylation is 1. The lowest BCUT2D eigenvalue weighted by molar-refractivity contribution is -0.686. The molecule has 0 N–H and O–H groups in total. The summed E-state index contributed by atoms with van der Waals surface area (Å²) in [5.41, 5.74) is 3.94. The van der Waals surface area contributed by atoms with Gasteiger partial charge in [-0.25, -0.2) is 0 Å². The van der Waals surface area contributed by atoms with E-state index in [1.807, 2.05) is 6.08 Å². The lowest BCUT2D eigenvalue weighted by Gasteiger charge is -2.12. The maximum absolute atomic E-state index is 3.92. The molecule has 0 radical (unpaired) electrons. The zero-order chi connectivity index (χ0) is 13.7. The Labute approximate surface area is 116 Å². The standard InChI is InChI=1S/C18H22N/c1-4-13-19-14-9-8-12-18(19)17-11-7-6-10-16(17)15(3)5-2/h5-12,14-15H,2,4,13H2,1,3H3/q+1. The Morgan fingerprint density at radius 1 is 1.16 bits per heavy atom. The summed E-state index contributed by atoms with van der Waals surface area (Å²) < 4.78 is 2.33. The van der Waals surface area contributed by atoms with Crippen molar-refractivity contribution in [2.24, 2.45) is 0 Å². The van der Waals surface area contributed by atoms with Crippen LogP contribution >= 0.6 is 0 Å². The molecule has 0 bridgehead atoms. The number of allylic oxidation sites excluding steroid dienone is 1. The van der Waals surface area contributed by atoms with Gasteiger partial charge in [-0.15, -0.1) is 6.58 Å². The van der Waals surface area contributed by atoms with Gasteiger partial charge in [0.25, 0.3) is 0 Å². The SMILES string of the molecule is C=CC(C)c1ccccc1-c1cccc[n+]1CCC. The third-order valence-corrected chi connectivity index (χ3v) is 3.49. The summed E-state index contributed by atoms with van der Waals surface area (Å²) in [6, 6.07) is 15.0. The molecule has 98 valence electrons. The fourth-order valence-corrected chi connectivity index (χ4v) is 2.41. The number of benzene rings is 1. The van der Waals surface area contributed by atoms with Crippen molar-refractivity contribution in [1.29, 1.82) is 0 Å². The molecule has 1 atom stereocenters. The summed E-state index contributed by atoms with van der Waals surface area (Å²) in [5.74, 6) is 0.367. The van der Waals surface area contributed by atoms with E-state index in [-0.39, 0.29) is 0 Å². The van der Waals surface area contributed by atoms with Gasteiger partial charge >= 0.3 is 0 Å². The summed E-state index contributed by atoms with van der Waals surface area (Å²) in [5, 5.41) is 0. The molecule has 0 saturated carbocycles. The Kier molecular flexibility index (Phi) is 4.51. The van der Waals surface area contributed by atoms with Crippen molar-refractivity contribution in [2.75, 3.05) is 0 Å². The summed E-state index contributed by atoms with van der Waals surface area (Å²) in [7, 11) is 0. The number of hydrogen-bond acceptors (Lipinski definition) is 0. The Morgan fingerprint density at radius 3 is 2.63 bits per heavy atom. The Morgan fingerprint density at radius 2 is 1.89 bits per heavy atom. The van der Waals surface area contributed by atoms with Gasteiger partial charge < -0.3 is 0 Å². The molecule has 1 heterocycles. The zero-order valence-electron chi connectivity index (χ0n) is 11.8. The normalized spacial score (nSPS) is 12.1. The van der Waals surface area contributed by atoms with Gasteiger partial charge in [0.15, 0.2) is 6.20 Å². The molecular formula is C18H22N+. The van der Waals surface area contributed by atoms with Gasteiger partial charge in [0.2, 0.25) is 5.69 Å². The van der Waals surface area contributed by atoms with E-state index in [2.05, 4.69) is 73.7 Å². The van der Waals surface area contributed by atoms with Crippen LogP contribution in [0.15, 0.2) is 61.3 Å². The minimum absolute atomic E-state index is 0.367. The maximum Gasteiger partial charge on any atom is 0.212 e. The molecule has 1 heteroatoms. The lowest BCUT2D eigenvalue weighted by atomic mass is 9.93. The molecule has 1 nitrogen and oxygen atoms in total. The molecule has 1 unspecified atom stereocenters. The van der Waals surface area contributed by atoms with E-state index in [0.29, 0.717) is 5.92 Å². The highest BCUT2D eigenvalue weighted by molar-refractivity contribution is 5.62. The molecule has 0 saturated heterocycles. The van der Waals surface area contributed by atoms with Crippen molar-refractivity contribution in [1.82, 2.24) is 0 Å². The van der Waals surface area contributed by atoms with E-state index in [4.69, 9.17) is 0 Å². The van der Waals surface area contributed by atoms with Crippen molar-refractivity contribution in [2.45, 2.75) is 32.7 Å². The van der Waals surface area contributed by atoms with Gasteiger partial charge in [-0.1, -0.05) is 38.1 Å². The van der Waals surface area contributed by atoms with Gasteiger partial charge in [0.05, 0.1) is 0 Å². The summed E-state index contributed by atoms with van der Waals surface area (Å²) >= 11 is 0. The van der Waals surface area contributed by atoms with Crippen LogP contribution in [0.3, 0.4) is 0 Å². The van der Waals surface area contributed by atoms with E-state index >= 15 is 0 Å². The Balaban J connectivity index is 2.55. The van der Waals surface area contributed by atoms with E-state index in [9.17, 15) is 0 Å². The van der Waals surface area contributed by atoms with Crippen molar-refractivity contribution in [3.63, 3.8) is 0 Å². The van der Waals surface area contributed by atoms with Crippen LogP contribution in [0.25, 0.3) is 11.3 Å². The predicted molar refractivity (Wildman–Crippen MR) is 81.0 cm³/mol. The fourth-order valence-electron chi connectivity index (χ4n) is 2.41. The van der Waals surface area contributed by atoms with E-state index < -0.39 is 0 Å². The maximum atomic E-state index is 3.92. The van der Waals surface area contributed by atoms with Gasteiger partial charge in [-0.2, -0.15) is 4.57 Å². The average Bonchev–Trinajstić information content (AvgIpc) is 2.47. The van der Waals surface area contributed by atoms with Gasteiger partial charge in [0, 0.05) is 24.1 Å². The van der Waals surface area contributed by atoms with E-state index in [1.54, 1.807) is 0 Å². The van der Waals surface area contributed by atoms with Gasteiger partial charge in [-0.3, -0.25) is 0 Å². The van der Waals surface area contributed by atoms with Crippen LogP contribution in [-0.4, -0.2) is 0 Å². The number of hydrogen-bond donors (Lipinski definition) is 0.